The molecule has 0 saturated heterocycles. The number of carbonyl (C=O) groups excluding carboxylic acids is 1. The number of nitrogens with two attached hydrogens (primary N) is 1. The summed E-state index contributed by atoms with van der Waals surface area (Å²) in [7, 11) is 0. The predicted octanol–water partition coefficient (Wildman–Crippen LogP) is 2.59. The number of rotatable bonds is 2. The average Bonchev–Trinajstić information content (AvgIpc) is 2.33. The molecule has 0 bridgehead atoms. The highest BCUT2D eigenvalue weighted by atomic mass is 35.5. The Morgan fingerprint density at radius 2 is 1.79 bits per heavy atom. The second kappa shape index (κ2) is 5.07. The highest BCUT2D eigenvalue weighted by molar-refractivity contribution is 6.31. The van der Waals surface area contributed by atoms with Gasteiger partial charge in [-0.2, -0.15) is 0 Å². The molecule has 0 atom stereocenters. The molecule has 1 amide bonds. The largest absolute Gasteiger partial charge is 0.507 e. The summed E-state index contributed by atoms with van der Waals surface area (Å²) >= 11 is 5.80. The lowest BCUT2D eigenvalue weighted by atomic mass is 10.1. The van der Waals surface area contributed by atoms with E-state index in [1.807, 2.05) is 0 Å². The van der Waals surface area contributed by atoms with Gasteiger partial charge < -0.3 is 21.3 Å². The van der Waals surface area contributed by atoms with E-state index in [1.165, 1.54) is 24.3 Å². The van der Waals surface area contributed by atoms with Gasteiger partial charge in [-0.1, -0.05) is 17.7 Å². The molecular weight excluding hydrogens is 268 g/mol. The molecule has 0 saturated carbocycles. The van der Waals surface area contributed by atoms with Gasteiger partial charge in [-0.25, -0.2) is 0 Å². The van der Waals surface area contributed by atoms with E-state index >= 15 is 0 Å². The number of hydrogen-bond donors (Lipinski definition) is 4. The summed E-state index contributed by atoms with van der Waals surface area (Å²) in [6.07, 6.45) is 0. The van der Waals surface area contributed by atoms with E-state index in [-0.39, 0.29) is 17.1 Å². The average molecular weight is 279 g/mol. The zero-order chi connectivity index (χ0) is 14.0. The SMILES string of the molecule is Nc1ccc(Cl)cc1NC(=O)c1c(O)cccc1O. The van der Waals surface area contributed by atoms with Crippen LogP contribution in [0.1, 0.15) is 10.4 Å². The Kier molecular flexibility index (Phi) is 3.48. The van der Waals surface area contributed by atoms with Crippen molar-refractivity contribution in [2.75, 3.05) is 11.1 Å². The number of benzene rings is 2. The van der Waals surface area contributed by atoms with Crippen molar-refractivity contribution in [2.24, 2.45) is 0 Å². The molecule has 0 heterocycles. The Bertz CT molecular complexity index is 624. The van der Waals surface area contributed by atoms with Crippen LogP contribution < -0.4 is 11.1 Å². The first-order valence-corrected chi connectivity index (χ1v) is 5.74. The summed E-state index contributed by atoms with van der Waals surface area (Å²) < 4.78 is 0. The molecular formula is C13H11ClN2O3. The zero-order valence-corrected chi connectivity index (χ0v) is 10.5. The summed E-state index contributed by atoms with van der Waals surface area (Å²) in [5.41, 5.74) is 6.11. The summed E-state index contributed by atoms with van der Waals surface area (Å²) in [5, 5.41) is 22.1. The van der Waals surface area contributed by atoms with E-state index < -0.39 is 5.91 Å². The van der Waals surface area contributed by atoms with Crippen molar-refractivity contribution < 1.29 is 15.0 Å². The Morgan fingerprint density at radius 3 is 2.42 bits per heavy atom. The van der Waals surface area contributed by atoms with Crippen LogP contribution in [0.3, 0.4) is 0 Å². The number of hydrogen-bond acceptors (Lipinski definition) is 4. The summed E-state index contributed by atoms with van der Waals surface area (Å²) in [6.45, 7) is 0. The van der Waals surface area contributed by atoms with Crippen LogP contribution in [0.15, 0.2) is 36.4 Å². The van der Waals surface area contributed by atoms with Crippen LogP contribution in [0.4, 0.5) is 11.4 Å². The Balaban J connectivity index is 2.34. The molecule has 0 aliphatic heterocycles. The van der Waals surface area contributed by atoms with Gasteiger partial charge in [0.15, 0.2) is 0 Å². The van der Waals surface area contributed by atoms with Crippen LogP contribution in [0.25, 0.3) is 0 Å². The van der Waals surface area contributed by atoms with Gasteiger partial charge >= 0.3 is 0 Å². The topological polar surface area (TPSA) is 95.6 Å². The first-order chi connectivity index (χ1) is 8.99. The van der Waals surface area contributed by atoms with Gasteiger partial charge in [-0.3, -0.25) is 4.79 Å². The van der Waals surface area contributed by atoms with Crippen LogP contribution >= 0.6 is 11.6 Å². The number of aromatic hydroxyl groups is 2. The van der Waals surface area contributed by atoms with Crippen LogP contribution in [0.5, 0.6) is 11.5 Å². The van der Waals surface area contributed by atoms with Crippen molar-refractivity contribution in [1.82, 2.24) is 0 Å². The van der Waals surface area contributed by atoms with Crippen LogP contribution in [-0.2, 0) is 0 Å². The van der Waals surface area contributed by atoms with Gasteiger partial charge in [0.2, 0.25) is 0 Å². The fourth-order valence-electron chi connectivity index (χ4n) is 1.58. The number of phenols is 2. The second-order valence-corrected chi connectivity index (χ2v) is 4.29. The maximum Gasteiger partial charge on any atom is 0.263 e. The fourth-order valence-corrected chi connectivity index (χ4v) is 1.75. The molecule has 2 rings (SSSR count). The van der Waals surface area contributed by atoms with Gasteiger partial charge in [0.25, 0.3) is 5.91 Å². The molecule has 0 radical (unpaired) electrons. The summed E-state index contributed by atoms with van der Waals surface area (Å²) in [6, 6.07) is 8.64. The van der Waals surface area contributed by atoms with Crippen molar-refractivity contribution in [1.29, 1.82) is 0 Å². The van der Waals surface area contributed by atoms with Crippen molar-refractivity contribution >= 4 is 28.9 Å². The maximum absolute atomic E-state index is 12.0. The molecule has 5 nitrogen and oxygen atoms in total. The second-order valence-electron chi connectivity index (χ2n) is 3.86. The van der Waals surface area contributed by atoms with E-state index in [1.54, 1.807) is 12.1 Å². The number of carbonyl (C=O) groups is 1. The molecule has 0 fully saturated rings. The molecule has 5 N–H and O–H groups in total. The number of anilines is 2. The van der Waals surface area contributed by atoms with Crippen molar-refractivity contribution in [3.05, 3.63) is 47.0 Å². The summed E-state index contributed by atoms with van der Waals surface area (Å²) in [4.78, 5) is 12.0. The monoisotopic (exact) mass is 278 g/mol. The highest BCUT2D eigenvalue weighted by Crippen LogP contribution is 2.29. The minimum Gasteiger partial charge on any atom is -0.507 e. The minimum atomic E-state index is -0.676. The van der Waals surface area contributed by atoms with Crippen molar-refractivity contribution in [3.63, 3.8) is 0 Å². The minimum absolute atomic E-state index is 0.220. The first kappa shape index (κ1) is 13.0. The van der Waals surface area contributed by atoms with E-state index in [9.17, 15) is 15.0 Å². The molecule has 0 spiro atoms. The molecule has 19 heavy (non-hydrogen) atoms. The molecule has 98 valence electrons. The predicted molar refractivity (Wildman–Crippen MR) is 73.6 cm³/mol. The van der Waals surface area contributed by atoms with Gasteiger partial charge in [0.1, 0.15) is 17.1 Å². The third kappa shape index (κ3) is 2.71. The lowest BCUT2D eigenvalue weighted by Crippen LogP contribution is -2.13. The van der Waals surface area contributed by atoms with Gasteiger partial charge in [0.05, 0.1) is 11.4 Å². The molecule has 0 unspecified atom stereocenters. The zero-order valence-electron chi connectivity index (χ0n) is 9.72. The van der Waals surface area contributed by atoms with Gasteiger partial charge in [-0.15, -0.1) is 0 Å². The number of amides is 1. The lowest BCUT2D eigenvalue weighted by Gasteiger charge is -2.10. The standard InChI is InChI=1S/C13H11ClN2O3/c14-7-4-5-8(15)9(6-7)16-13(19)12-10(17)2-1-3-11(12)18/h1-6,17-18H,15H2,(H,16,19). The van der Waals surface area contributed by atoms with E-state index in [2.05, 4.69) is 5.32 Å². The number of halogens is 1. The van der Waals surface area contributed by atoms with Crippen molar-refractivity contribution in [3.8, 4) is 11.5 Å². The van der Waals surface area contributed by atoms with Crippen LogP contribution in [0, 0.1) is 0 Å². The maximum atomic E-state index is 12.0. The third-order valence-electron chi connectivity index (χ3n) is 2.51. The first-order valence-electron chi connectivity index (χ1n) is 5.36. The van der Waals surface area contributed by atoms with Gasteiger partial charge in [-0.05, 0) is 30.3 Å². The molecule has 6 heteroatoms. The Morgan fingerprint density at radius 1 is 1.16 bits per heavy atom. The third-order valence-corrected chi connectivity index (χ3v) is 2.75. The quantitative estimate of drug-likeness (QED) is 0.635. The van der Waals surface area contributed by atoms with Crippen molar-refractivity contribution in [2.45, 2.75) is 0 Å². The normalized spacial score (nSPS) is 10.2. The van der Waals surface area contributed by atoms with E-state index in [0.29, 0.717) is 16.4 Å². The fraction of sp³-hybridized carbons (Fsp3) is 0. The smallest absolute Gasteiger partial charge is 0.263 e. The van der Waals surface area contributed by atoms with Crippen LogP contribution in [-0.4, -0.2) is 16.1 Å². The molecule has 0 aliphatic rings. The number of nitrogens with one attached hydrogen (secondary N) is 1. The number of nitrogen functional groups attached to an aromatic ring is 1. The molecule has 2 aromatic carbocycles. The molecule has 0 aromatic heterocycles. The lowest BCUT2D eigenvalue weighted by molar-refractivity contribution is 0.102. The van der Waals surface area contributed by atoms with E-state index in [0.717, 1.165) is 0 Å². The molecule has 2 aromatic rings. The Labute approximate surface area is 114 Å². The van der Waals surface area contributed by atoms with E-state index in [4.69, 9.17) is 17.3 Å². The van der Waals surface area contributed by atoms with Gasteiger partial charge in [0, 0.05) is 5.02 Å². The van der Waals surface area contributed by atoms with Crippen LogP contribution in [0.2, 0.25) is 5.02 Å². The summed E-state index contributed by atoms with van der Waals surface area (Å²) in [5.74, 6) is -1.32. The highest BCUT2D eigenvalue weighted by Gasteiger charge is 2.17. The number of phenolic OH excluding ortho intramolecular Hbond substituents is 2. The molecule has 0 aliphatic carbocycles. The Hall–Kier alpha value is -2.40.